The summed E-state index contributed by atoms with van der Waals surface area (Å²) >= 11 is 0. The van der Waals surface area contributed by atoms with Crippen LogP contribution in [0.15, 0.2) is 30.4 Å². The van der Waals surface area contributed by atoms with Gasteiger partial charge in [-0.1, -0.05) is 23.8 Å². The highest BCUT2D eigenvalue weighted by Gasteiger charge is 2.08. The lowest BCUT2D eigenvalue weighted by Crippen LogP contribution is -2.36. The summed E-state index contributed by atoms with van der Waals surface area (Å²) in [4.78, 5) is 0. The number of hydrogen-bond donors (Lipinski definition) is 2. The van der Waals surface area contributed by atoms with Gasteiger partial charge in [0.05, 0.1) is 0 Å². The van der Waals surface area contributed by atoms with Crippen molar-refractivity contribution in [3.8, 4) is 0 Å². The predicted octanol–water partition coefficient (Wildman–Crippen LogP) is 2.64. The second-order valence-corrected chi connectivity index (χ2v) is 4.65. The zero-order valence-electron chi connectivity index (χ0n) is 10.5. The van der Waals surface area contributed by atoms with Gasteiger partial charge in [-0.25, -0.2) is 0 Å². The SMILES string of the molecule is C=C(C)CC(Cc1ccc(C)c(C)c1)NN. The number of nitrogens with two attached hydrogens (primary N) is 1. The molecule has 1 atom stereocenters. The summed E-state index contributed by atoms with van der Waals surface area (Å²) in [6, 6.07) is 6.85. The summed E-state index contributed by atoms with van der Waals surface area (Å²) in [7, 11) is 0. The first-order valence-electron chi connectivity index (χ1n) is 5.69. The molecule has 0 bridgehead atoms. The Morgan fingerprint density at radius 3 is 2.56 bits per heavy atom. The van der Waals surface area contributed by atoms with Crippen LogP contribution in [0.2, 0.25) is 0 Å². The van der Waals surface area contributed by atoms with Crippen molar-refractivity contribution in [2.45, 2.75) is 39.7 Å². The van der Waals surface area contributed by atoms with Crippen LogP contribution >= 0.6 is 0 Å². The predicted molar refractivity (Wildman–Crippen MR) is 70.2 cm³/mol. The summed E-state index contributed by atoms with van der Waals surface area (Å²) in [5.41, 5.74) is 8.01. The van der Waals surface area contributed by atoms with E-state index in [0.717, 1.165) is 18.4 Å². The third-order valence-electron chi connectivity index (χ3n) is 2.88. The van der Waals surface area contributed by atoms with Gasteiger partial charge in [0.1, 0.15) is 0 Å². The molecule has 88 valence electrons. The Morgan fingerprint density at radius 2 is 2.06 bits per heavy atom. The van der Waals surface area contributed by atoms with Crippen LogP contribution in [-0.4, -0.2) is 6.04 Å². The van der Waals surface area contributed by atoms with E-state index in [4.69, 9.17) is 5.84 Å². The molecular formula is C14H22N2. The Balaban J connectivity index is 2.70. The molecule has 0 amide bonds. The van der Waals surface area contributed by atoms with Crippen molar-refractivity contribution in [2.75, 3.05) is 0 Å². The Kier molecular flexibility index (Phi) is 4.71. The molecule has 3 N–H and O–H groups in total. The van der Waals surface area contributed by atoms with E-state index in [1.165, 1.54) is 16.7 Å². The molecule has 0 heterocycles. The summed E-state index contributed by atoms with van der Waals surface area (Å²) < 4.78 is 0. The Bertz CT molecular complexity index is 369. The number of hydrazine groups is 1. The van der Waals surface area contributed by atoms with E-state index in [1.54, 1.807) is 0 Å². The van der Waals surface area contributed by atoms with Gasteiger partial charge in [-0.15, -0.1) is 6.58 Å². The lowest BCUT2D eigenvalue weighted by molar-refractivity contribution is 0.521. The number of benzene rings is 1. The molecular weight excluding hydrogens is 196 g/mol. The first kappa shape index (κ1) is 12.9. The molecule has 0 aromatic heterocycles. The van der Waals surface area contributed by atoms with Crippen molar-refractivity contribution in [3.63, 3.8) is 0 Å². The van der Waals surface area contributed by atoms with Crippen LogP contribution < -0.4 is 11.3 Å². The first-order valence-corrected chi connectivity index (χ1v) is 5.69. The van der Waals surface area contributed by atoms with Crippen LogP contribution in [0.3, 0.4) is 0 Å². The van der Waals surface area contributed by atoms with Gasteiger partial charge < -0.3 is 0 Å². The van der Waals surface area contributed by atoms with Crippen molar-refractivity contribution in [1.29, 1.82) is 0 Å². The van der Waals surface area contributed by atoms with Crippen LogP contribution in [-0.2, 0) is 6.42 Å². The molecule has 16 heavy (non-hydrogen) atoms. The fourth-order valence-corrected chi connectivity index (χ4v) is 1.83. The molecule has 0 radical (unpaired) electrons. The van der Waals surface area contributed by atoms with Crippen LogP contribution in [0.25, 0.3) is 0 Å². The van der Waals surface area contributed by atoms with Crippen LogP contribution in [0.1, 0.15) is 30.0 Å². The highest BCUT2D eigenvalue weighted by atomic mass is 15.2. The monoisotopic (exact) mass is 218 g/mol. The first-order chi connectivity index (χ1) is 7.52. The molecule has 1 aromatic carbocycles. The van der Waals surface area contributed by atoms with Crippen LogP contribution in [0.5, 0.6) is 0 Å². The van der Waals surface area contributed by atoms with E-state index >= 15 is 0 Å². The minimum atomic E-state index is 0.277. The third-order valence-corrected chi connectivity index (χ3v) is 2.88. The fourth-order valence-electron chi connectivity index (χ4n) is 1.83. The average molecular weight is 218 g/mol. The molecule has 0 aliphatic rings. The highest BCUT2D eigenvalue weighted by molar-refractivity contribution is 5.30. The summed E-state index contributed by atoms with van der Waals surface area (Å²) in [5, 5.41) is 0. The fraction of sp³-hybridized carbons (Fsp3) is 0.429. The zero-order chi connectivity index (χ0) is 12.1. The van der Waals surface area contributed by atoms with Gasteiger partial charge in [-0.2, -0.15) is 0 Å². The van der Waals surface area contributed by atoms with Gasteiger partial charge in [0.2, 0.25) is 0 Å². The smallest absolute Gasteiger partial charge is 0.0287 e. The maximum absolute atomic E-state index is 5.55. The molecule has 2 heteroatoms. The van der Waals surface area contributed by atoms with Crippen LogP contribution in [0.4, 0.5) is 0 Å². The van der Waals surface area contributed by atoms with Crippen molar-refractivity contribution >= 4 is 0 Å². The molecule has 0 aliphatic heterocycles. The van der Waals surface area contributed by atoms with E-state index < -0.39 is 0 Å². The van der Waals surface area contributed by atoms with E-state index in [2.05, 4.69) is 44.1 Å². The topological polar surface area (TPSA) is 38.0 Å². The third kappa shape index (κ3) is 3.80. The quantitative estimate of drug-likeness (QED) is 0.453. The van der Waals surface area contributed by atoms with Crippen molar-refractivity contribution in [3.05, 3.63) is 47.0 Å². The van der Waals surface area contributed by atoms with Gasteiger partial charge in [0.25, 0.3) is 0 Å². The molecule has 1 aromatic rings. The van der Waals surface area contributed by atoms with E-state index in [1.807, 2.05) is 6.92 Å². The molecule has 0 saturated carbocycles. The number of rotatable bonds is 5. The van der Waals surface area contributed by atoms with Crippen LogP contribution in [0, 0.1) is 13.8 Å². The maximum atomic E-state index is 5.55. The summed E-state index contributed by atoms with van der Waals surface area (Å²) in [6.45, 7) is 10.2. The Morgan fingerprint density at radius 1 is 1.38 bits per heavy atom. The summed E-state index contributed by atoms with van der Waals surface area (Å²) in [5.74, 6) is 5.55. The molecule has 2 nitrogen and oxygen atoms in total. The van der Waals surface area contributed by atoms with Gasteiger partial charge in [-0.05, 0) is 50.3 Å². The number of nitrogens with one attached hydrogen (secondary N) is 1. The van der Waals surface area contributed by atoms with Crippen molar-refractivity contribution in [1.82, 2.24) is 5.43 Å². The molecule has 1 unspecified atom stereocenters. The molecule has 0 fully saturated rings. The lowest BCUT2D eigenvalue weighted by Gasteiger charge is -2.16. The van der Waals surface area contributed by atoms with Gasteiger partial charge in [0.15, 0.2) is 0 Å². The zero-order valence-corrected chi connectivity index (χ0v) is 10.5. The number of aryl methyl sites for hydroxylation is 2. The maximum Gasteiger partial charge on any atom is 0.0287 e. The summed E-state index contributed by atoms with van der Waals surface area (Å²) in [6.07, 6.45) is 1.87. The minimum absolute atomic E-state index is 0.277. The van der Waals surface area contributed by atoms with Gasteiger partial charge in [0, 0.05) is 6.04 Å². The van der Waals surface area contributed by atoms with E-state index in [-0.39, 0.29) is 6.04 Å². The van der Waals surface area contributed by atoms with Gasteiger partial charge >= 0.3 is 0 Å². The average Bonchev–Trinajstić information content (AvgIpc) is 2.22. The van der Waals surface area contributed by atoms with Crippen molar-refractivity contribution < 1.29 is 0 Å². The van der Waals surface area contributed by atoms with Gasteiger partial charge in [-0.3, -0.25) is 11.3 Å². The van der Waals surface area contributed by atoms with Crippen molar-refractivity contribution in [2.24, 2.45) is 5.84 Å². The highest BCUT2D eigenvalue weighted by Crippen LogP contribution is 2.13. The van der Waals surface area contributed by atoms with E-state index in [0.29, 0.717) is 0 Å². The Labute approximate surface area is 98.5 Å². The molecule has 0 spiro atoms. The molecule has 1 rings (SSSR count). The minimum Gasteiger partial charge on any atom is -0.271 e. The largest absolute Gasteiger partial charge is 0.271 e. The standard InChI is InChI=1S/C14H22N2/c1-10(2)7-14(16-15)9-13-6-5-11(3)12(4)8-13/h5-6,8,14,16H,1,7,9,15H2,2-4H3. The molecule has 0 aliphatic carbocycles. The Hall–Kier alpha value is -1.12. The van der Waals surface area contributed by atoms with E-state index in [9.17, 15) is 0 Å². The molecule has 0 saturated heterocycles. The second kappa shape index (κ2) is 5.83. The number of hydrogen-bond acceptors (Lipinski definition) is 2. The second-order valence-electron chi connectivity index (χ2n) is 4.65. The lowest BCUT2D eigenvalue weighted by atomic mass is 9.98. The normalized spacial score (nSPS) is 12.5.